The molecule has 0 amide bonds. The van der Waals surface area contributed by atoms with Gasteiger partial charge in [0.1, 0.15) is 0 Å². The maximum absolute atomic E-state index is 6.62. The Hall–Kier alpha value is -0.820. The Morgan fingerprint density at radius 2 is 1.62 bits per heavy atom. The van der Waals surface area contributed by atoms with E-state index in [0.717, 1.165) is 23.7 Å². The Bertz CT molecular complexity index is 471. The molecule has 3 fully saturated rings. The third-order valence-corrected chi connectivity index (χ3v) is 6.65. The summed E-state index contributed by atoms with van der Waals surface area (Å²) in [7, 11) is 0. The third kappa shape index (κ3) is 2.65. The molecule has 4 rings (SSSR count). The summed E-state index contributed by atoms with van der Waals surface area (Å²) in [5.41, 5.74) is 9.55. The Kier molecular flexibility index (Phi) is 3.79. The molecule has 1 aromatic rings. The molecule has 1 nitrogen and oxygen atoms in total. The van der Waals surface area contributed by atoms with Crippen molar-refractivity contribution in [2.45, 2.75) is 69.7 Å². The summed E-state index contributed by atoms with van der Waals surface area (Å²) in [6.45, 7) is 0. The molecule has 1 heteroatoms. The number of rotatable bonds is 3. The summed E-state index contributed by atoms with van der Waals surface area (Å²) in [4.78, 5) is 0. The molecule has 0 saturated heterocycles. The lowest BCUT2D eigenvalue weighted by molar-refractivity contribution is 0.284. The molecule has 4 atom stereocenters. The first-order chi connectivity index (χ1) is 10.3. The van der Waals surface area contributed by atoms with Crippen molar-refractivity contribution in [1.82, 2.24) is 0 Å². The minimum atomic E-state index is 0.278. The van der Waals surface area contributed by atoms with E-state index in [0.29, 0.717) is 0 Å². The van der Waals surface area contributed by atoms with Gasteiger partial charge in [-0.1, -0.05) is 49.9 Å². The van der Waals surface area contributed by atoms with Gasteiger partial charge in [-0.2, -0.15) is 0 Å². The first kappa shape index (κ1) is 13.8. The molecule has 114 valence electrons. The lowest BCUT2D eigenvalue weighted by Crippen LogP contribution is -2.25. The van der Waals surface area contributed by atoms with Crippen molar-refractivity contribution >= 4 is 0 Å². The molecule has 0 heterocycles. The quantitative estimate of drug-likeness (QED) is 0.813. The fourth-order valence-electron chi connectivity index (χ4n) is 5.41. The zero-order chi connectivity index (χ0) is 14.2. The Morgan fingerprint density at radius 1 is 0.857 bits per heavy atom. The number of hydrogen-bond acceptors (Lipinski definition) is 1. The molecule has 0 radical (unpaired) electrons. The van der Waals surface area contributed by atoms with Gasteiger partial charge in [-0.15, -0.1) is 0 Å². The van der Waals surface area contributed by atoms with Crippen molar-refractivity contribution in [2.75, 3.05) is 0 Å². The van der Waals surface area contributed by atoms with Gasteiger partial charge in [-0.3, -0.25) is 0 Å². The highest BCUT2D eigenvalue weighted by molar-refractivity contribution is 5.28. The van der Waals surface area contributed by atoms with E-state index in [1.54, 1.807) is 5.56 Å². The predicted molar refractivity (Wildman–Crippen MR) is 88.1 cm³/mol. The summed E-state index contributed by atoms with van der Waals surface area (Å²) >= 11 is 0. The van der Waals surface area contributed by atoms with Crippen molar-refractivity contribution in [3.63, 3.8) is 0 Å². The average Bonchev–Trinajstić information content (AvgIpc) is 3.18. The van der Waals surface area contributed by atoms with E-state index in [2.05, 4.69) is 24.3 Å². The summed E-state index contributed by atoms with van der Waals surface area (Å²) in [5, 5.41) is 0. The van der Waals surface area contributed by atoms with Crippen molar-refractivity contribution in [1.29, 1.82) is 0 Å². The van der Waals surface area contributed by atoms with Crippen LogP contribution in [0, 0.1) is 17.8 Å². The van der Waals surface area contributed by atoms with Gasteiger partial charge in [-0.25, -0.2) is 0 Å². The highest BCUT2D eigenvalue weighted by Crippen LogP contribution is 2.52. The zero-order valence-electron chi connectivity index (χ0n) is 13.1. The normalized spacial score (nSPS) is 34.2. The van der Waals surface area contributed by atoms with E-state index in [1.165, 1.54) is 63.4 Å². The second-order valence-electron chi connectivity index (χ2n) is 7.87. The number of benzene rings is 1. The van der Waals surface area contributed by atoms with E-state index in [1.807, 2.05) is 0 Å². The Labute approximate surface area is 129 Å². The number of nitrogens with two attached hydrogens (primary N) is 1. The average molecular weight is 283 g/mol. The van der Waals surface area contributed by atoms with Gasteiger partial charge in [0.05, 0.1) is 0 Å². The van der Waals surface area contributed by atoms with Crippen LogP contribution in [0.2, 0.25) is 0 Å². The van der Waals surface area contributed by atoms with Crippen molar-refractivity contribution < 1.29 is 0 Å². The van der Waals surface area contributed by atoms with Gasteiger partial charge in [0.25, 0.3) is 0 Å². The third-order valence-electron chi connectivity index (χ3n) is 6.65. The maximum Gasteiger partial charge on any atom is 0.0326 e. The van der Waals surface area contributed by atoms with Crippen molar-refractivity contribution in [3.05, 3.63) is 35.4 Å². The van der Waals surface area contributed by atoms with E-state index in [-0.39, 0.29) is 6.04 Å². The number of fused-ring (bicyclic) bond motifs is 2. The predicted octanol–water partition coefficient (Wildman–Crippen LogP) is 5.17. The van der Waals surface area contributed by atoms with Crippen molar-refractivity contribution in [3.8, 4) is 0 Å². The largest absolute Gasteiger partial charge is 0.324 e. The van der Waals surface area contributed by atoms with Crippen LogP contribution in [-0.2, 0) is 0 Å². The van der Waals surface area contributed by atoms with Crippen LogP contribution in [0.5, 0.6) is 0 Å². The molecule has 2 N–H and O–H groups in total. The molecule has 21 heavy (non-hydrogen) atoms. The van der Waals surface area contributed by atoms with Gasteiger partial charge in [-0.05, 0) is 66.9 Å². The van der Waals surface area contributed by atoms with Crippen LogP contribution in [0.4, 0.5) is 0 Å². The standard InChI is InChI=1S/C20H29N/c21-20(19-13-14-6-7-18(19)12-14)17-10-8-16(9-11-17)15-4-2-1-3-5-15/h8-11,14-15,18-20H,1-7,12-13,21H2. The van der Waals surface area contributed by atoms with Gasteiger partial charge >= 0.3 is 0 Å². The van der Waals surface area contributed by atoms with Crippen LogP contribution in [0.25, 0.3) is 0 Å². The van der Waals surface area contributed by atoms with Gasteiger partial charge < -0.3 is 5.73 Å². The second kappa shape index (κ2) is 5.76. The van der Waals surface area contributed by atoms with Crippen LogP contribution in [0.1, 0.15) is 80.9 Å². The molecule has 0 aliphatic heterocycles. The van der Waals surface area contributed by atoms with E-state index < -0.39 is 0 Å². The van der Waals surface area contributed by atoms with Gasteiger partial charge in [0, 0.05) is 6.04 Å². The van der Waals surface area contributed by atoms with E-state index >= 15 is 0 Å². The maximum atomic E-state index is 6.62. The van der Waals surface area contributed by atoms with E-state index in [4.69, 9.17) is 5.73 Å². The molecular weight excluding hydrogens is 254 g/mol. The minimum absolute atomic E-state index is 0.278. The zero-order valence-corrected chi connectivity index (χ0v) is 13.1. The summed E-state index contributed by atoms with van der Waals surface area (Å²) in [6, 6.07) is 9.69. The lowest BCUT2D eigenvalue weighted by atomic mass is 9.80. The highest BCUT2D eigenvalue weighted by Gasteiger charge is 2.42. The second-order valence-corrected chi connectivity index (χ2v) is 7.87. The Balaban J connectivity index is 1.45. The lowest BCUT2D eigenvalue weighted by Gasteiger charge is -2.28. The molecule has 3 aliphatic rings. The fourth-order valence-corrected chi connectivity index (χ4v) is 5.41. The molecule has 3 aliphatic carbocycles. The SMILES string of the molecule is NC(c1ccc(C2CCCCC2)cc1)C1CC2CCC1C2. The number of hydrogen-bond donors (Lipinski definition) is 1. The monoisotopic (exact) mass is 283 g/mol. The van der Waals surface area contributed by atoms with E-state index in [9.17, 15) is 0 Å². The van der Waals surface area contributed by atoms with Crippen LogP contribution in [0.3, 0.4) is 0 Å². The molecule has 0 spiro atoms. The van der Waals surface area contributed by atoms with Crippen LogP contribution in [-0.4, -0.2) is 0 Å². The first-order valence-corrected chi connectivity index (χ1v) is 9.16. The van der Waals surface area contributed by atoms with Crippen LogP contribution < -0.4 is 5.73 Å². The van der Waals surface area contributed by atoms with Crippen LogP contribution in [0.15, 0.2) is 24.3 Å². The summed E-state index contributed by atoms with van der Waals surface area (Å²) < 4.78 is 0. The van der Waals surface area contributed by atoms with Gasteiger partial charge in [0.2, 0.25) is 0 Å². The highest BCUT2D eigenvalue weighted by atomic mass is 14.7. The molecule has 4 unspecified atom stereocenters. The topological polar surface area (TPSA) is 26.0 Å². The van der Waals surface area contributed by atoms with Crippen molar-refractivity contribution in [2.24, 2.45) is 23.5 Å². The first-order valence-electron chi connectivity index (χ1n) is 9.16. The molecule has 3 saturated carbocycles. The minimum Gasteiger partial charge on any atom is -0.324 e. The van der Waals surface area contributed by atoms with Crippen LogP contribution >= 0.6 is 0 Å². The summed E-state index contributed by atoms with van der Waals surface area (Å²) in [6.07, 6.45) is 12.8. The molecule has 1 aromatic carbocycles. The fraction of sp³-hybridized carbons (Fsp3) is 0.700. The smallest absolute Gasteiger partial charge is 0.0326 e. The molecule has 0 aromatic heterocycles. The molecule has 2 bridgehead atoms. The Morgan fingerprint density at radius 3 is 2.24 bits per heavy atom. The van der Waals surface area contributed by atoms with Gasteiger partial charge in [0.15, 0.2) is 0 Å². The molecular formula is C20H29N. The summed E-state index contributed by atoms with van der Waals surface area (Å²) in [5.74, 6) is 3.48.